The monoisotopic (exact) mass is 668 g/mol. The number of benzene rings is 9. The van der Waals surface area contributed by atoms with Gasteiger partial charge in [0, 0.05) is 0 Å². The Labute approximate surface area is 317 Å². The maximum Gasteiger partial charge on any atom is 0.139 e. The summed E-state index contributed by atoms with van der Waals surface area (Å²) in [4.78, 5) is 0. The Morgan fingerprint density at radius 3 is 1.13 bits per heavy atom. The molecule has 0 radical (unpaired) electrons. The summed E-state index contributed by atoms with van der Waals surface area (Å²) in [5, 5.41) is 7.57. The first kappa shape index (κ1) is 33.0. The molecule has 9 aromatic carbocycles. The molecule has 0 saturated carbocycles. The highest BCUT2D eigenvalue weighted by atomic mass is 14.2. The Bertz CT molecular complexity index is 2740. The largest absolute Gasteiger partial charge is 0.139 e. The second-order valence-corrected chi connectivity index (χ2v) is 14.6. The number of hydrogen-bond donors (Lipinski definition) is 0. The Morgan fingerprint density at radius 1 is 0.245 bits per heavy atom. The minimum Gasteiger partial charge on any atom is -0.102 e. The summed E-state index contributed by atoms with van der Waals surface area (Å²) in [6.07, 6.45) is 0. The van der Waals surface area contributed by atoms with E-state index < -0.39 is 0 Å². The van der Waals surface area contributed by atoms with E-state index in [0.29, 0.717) is 0 Å². The first-order chi connectivity index (χ1) is 25.9. The molecule has 9 rings (SSSR count). The third kappa shape index (κ3) is 5.55. The van der Waals surface area contributed by atoms with Crippen molar-refractivity contribution >= 4 is 98.9 Å². The lowest BCUT2D eigenvalue weighted by molar-refractivity contribution is 1.58. The van der Waals surface area contributed by atoms with Crippen LogP contribution in [0.1, 0.15) is 0 Å². The average molecular weight is 668 g/mol. The van der Waals surface area contributed by atoms with Crippen LogP contribution in [-0.4, -0.2) is 39.2 Å². The second-order valence-electron chi connectivity index (χ2n) is 14.6. The van der Waals surface area contributed by atoms with Crippen molar-refractivity contribution in [1.82, 2.24) is 0 Å². The van der Waals surface area contributed by atoms with Gasteiger partial charge in [-0.15, -0.1) is 16.4 Å². The molecule has 53 heavy (non-hydrogen) atoms. The molecule has 0 spiro atoms. The third-order valence-corrected chi connectivity index (χ3v) is 11.8. The molecule has 0 saturated heterocycles. The lowest BCUT2D eigenvalue weighted by atomic mass is 9.59. The summed E-state index contributed by atoms with van der Waals surface area (Å²) < 4.78 is 0. The van der Waals surface area contributed by atoms with Crippen molar-refractivity contribution in [1.29, 1.82) is 0 Å². The topological polar surface area (TPSA) is 0 Å². The molecule has 0 aliphatic heterocycles. The predicted molar refractivity (Wildman–Crippen MR) is 247 cm³/mol. The maximum absolute atomic E-state index is 2.48. The van der Waals surface area contributed by atoms with Gasteiger partial charge in [-0.25, -0.2) is 0 Å². The van der Waals surface area contributed by atoms with Gasteiger partial charge in [0.15, 0.2) is 0 Å². The molecular weight excluding hydrogens is 631 g/mol. The fourth-order valence-electron chi connectivity index (χ4n) is 8.69. The van der Waals surface area contributed by atoms with E-state index in [-0.39, 0.29) is 0 Å². The number of rotatable bonds is 5. The number of hydrogen-bond acceptors (Lipinski definition) is 0. The molecular formula is C48H37B5. The predicted octanol–water partition coefficient (Wildman–Crippen LogP) is 4.77. The van der Waals surface area contributed by atoms with E-state index in [1.54, 1.807) is 0 Å². The molecule has 0 aromatic heterocycles. The van der Waals surface area contributed by atoms with E-state index in [4.69, 9.17) is 0 Å². The molecule has 0 fully saturated rings. The van der Waals surface area contributed by atoms with E-state index in [1.807, 2.05) is 0 Å². The highest BCUT2D eigenvalue weighted by Gasteiger charge is 2.21. The zero-order valence-corrected chi connectivity index (χ0v) is 31.1. The molecule has 0 aliphatic carbocycles. The normalized spacial score (nSPS) is 11.4. The van der Waals surface area contributed by atoms with Gasteiger partial charge in [-0.05, 0) is 118 Å². The van der Waals surface area contributed by atoms with Crippen LogP contribution in [0.2, 0.25) is 0 Å². The Kier molecular flexibility index (Phi) is 8.24. The molecule has 5 heteroatoms. The van der Waals surface area contributed by atoms with Gasteiger partial charge in [0.25, 0.3) is 0 Å². The quantitative estimate of drug-likeness (QED) is 0.183. The lowest BCUT2D eigenvalue weighted by Gasteiger charge is -2.23. The van der Waals surface area contributed by atoms with Gasteiger partial charge in [-0.3, -0.25) is 0 Å². The molecule has 0 amide bonds. The molecule has 0 nitrogen and oxygen atoms in total. The molecule has 244 valence electrons. The van der Waals surface area contributed by atoms with Gasteiger partial charge in [0.05, 0.1) is 0 Å². The van der Waals surface area contributed by atoms with Gasteiger partial charge in [0.1, 0.15) is 39.2 Å². The smallest absolute Gasteiger partial charge is 0.102 e. The highest BCUT2D eigenvalue weighted by molar-refractivity contribution is 6.68. The van der Waals surface area contributed by atoms with Crippen LogP contribution in [0.3, 0.4) is 0 Å². The van der Waals surface area contributed by atoms with Crippen LogP contribution in [0.5, 0.6) is 0 Å². The first-order valence-electron chi connectivity index (χ1n) is 18.7. The summed E-state index contributed by atoms with van der Waals surface area (Å²) >= 11 is 0. The van der Waals surface area contributed by atoms with E-state index in [0.717, 1.165) is 0 Å². The van der Waals surface area contributed by atoms with E-state index in [9.17, 15) is 0 Å². The summed E-state index contributed by atoms with van der Waals surface area (Å²) in [6, 6.07) is 60.6. The maximum atomic E-state index is 2.48. The molecule has 0 aliphatic rings. The third-order valence-electron chi connectivity index (χ3n) is 11.8. The van der Waals surface area contributed by atoms with E-state index in [2.05, 4.69) is 203 Å². The van der Waals surface area contributed by atoms with Crippen molar-refractivity contribution in [3.63, 3.8) is 0 Å². The van der Waals surface area contributed by atoms with Crippen LogP contribution < -0.4 is 27.3 Å². The van der Waals surface area contributed by atoms with Crippen LogP contribution >= 0.6 is 0 Å². The Morgan fingerprint density at radius 2 is 0.623 bits per heavy atom. The van der Waals surface area contributed by atoms with Gasteiger partial charge in [0.2, 0.25) is 0 Å². The minimum absolute atomic E-state index is 1.22. The van der Waals surface area contributed by atoms with Gasteiger partial charge >= 0.3 is 0 Å². The summed E-state index contributed by atoms with van der Waals surface area (Å²) in [5.74, 6) is 0. The fraction of sp³-hybridized carbons (Fsp3) is 0. The Balaban J connectivity index is 1.39. The minimum atomic E-state index is 1.22. The highest BCUT2D eigenvalue weighted by Crippen LogP contribution is 2.47. The van der Waals surface area contributed by atoms with E-state index >= 15 is 0 Å². The van der Waals surface area contributed by atoms with Crippen molar-refractivity contribution in [3.05, 3.63) is 164 Å². The van der Waals surface area contributed by atoms with Crippen molar-refractivity contribution in [2.24, 2.45) is 0 Å². The standard InChI is InChI=1S/C48H37B5/c49-44-42(45(50)47(52)48(53)46(44)51)34-23-30-17-7-8-18-35(30)40(27-34)43-38-21-11-9-19-36(38)41(37-20-10-12-22-39(37)43)33-25-31(28-13-3-1-4-14-28)24-32(26-33)29-15-5-2-6-16-29/h1-27H,49-53H2. The second kappa shape index (κ2) is 13.2. The summed E-state index contributed by atoms with van der Waals surface area (Å²) in [5.41, 5.74) is 19.4. The van der Waals surface area contributed by atoms with Crippen molar-refractivity contribution in [2.45, 2.75) is 0 Å². The molecule has 0 atom stereocenters. The zero-order valence-electron chi connectivity index (χ0n) is 31.1. The van der Waals surface area contributed by atoms with Crippen LogP contribution in [0.4, 0.5) is 0 Å². The molecule has 0 heterocycles. The van der Waals surface area contributed by atoms with Gasteiger partial charge in [-0.1, -0.05) is 144 Å². The first-order valence-corrected chi connectivity index (χ1v) is 18.7. The average Bonchev–Trinajstić information content (AvgIpc) is 3.21. The summed E-state index contributed by atoms with van der Waals surface area (Å²) in [6.45, 7) is 0. The van der Waals surface area contributed by atoms with Crippen LogP contribution in [0.15, 0.2) is 164 Å². The molecule has 0 unspecified atom stereocenters. The van der Waals surface area contributed by atoms with Crippen LogP contribution in [0, 0.1) is 0 Å². The van der Waals surface area contributed by atoms with Crippen molar-refractivity contribution < 1.29 is 0 Å². The Hall–Kier alpha value is -5.92. The number of fused-ring (bicyclic) bond motifs is 3. The van der Waals surface area contributed by atoms with Crippen molar-refractivity contribution in [3.8, 4) is 55.6 Å². The fourth-order valence-corrected chi connectivity index (χ4v) is 8.69. The van der Waals surface area contributed by atoms with Crippen LogP contribution in [-0.2, 0) is 0 Å². The molecule has 0 bridgehead atoms. The summed E-state index contributed by atoms with van der Waals surface area (Å²) in [7, 11) is 11.4. The lowest BCUT2D eigenvalue weighted by Crippen LogP contribution is -2.55. The zero-order chi connectivity index (χ0) is 36.2. The van der Waals surface area contributed by atoms with Crippen LogP contribution in [0.25, 0.3) is 88.0 Å². The van der Waals surface area contributed by atoms with Gasteiger partial charge in [-0.2, -0.15) is 0 Å². The molecule has 9 aromatic rings. The molecule has 0 N–H and O–H groups in total. The van der Waals surface area contributed by atoms with Crippen molar-refractivity contribution in [2.75, 3.05) is 0 Å². The SMILES string of the molecule is Bc1c(B)c(B)c(-c2cc(-c3c4ccccc4c(-c4cc(-c5ccccc5)cc(-c5ccccc5)c4)c4ccccc34)c3ccccc3c2)c(B)c1B. The van der Waals surface area contributed by atoms with Gasteiger partial charge < -0.3 is 0 Å². The van der Waals surface area contributed by atoms with E-state index in [1.165, 1.54) is 115 Å².